The predicted molar refractivity (Wildman–Crippen MR) is 292 cm³/mol. The molecule has 2 aromatic heterocycles. The summed E-state index contributed by atoms with van der Waals surface area (Å²) in [6.45, 7) is 9.44. The van der Waals surface area contributed by atoms with Crippen molar-refractivity contribution in [2.45, 2.75) is 138 Å². The number of hydrogen-bond acceptors (Lipinski definition) is 15. The first kappa shape index (κ1) is 53.0. The van der Waals surface area contributed by atoms with E-state index in [1.165, 1.54) is 46.7 Å². The Kier molecular flexibility index (Phi) is 14.2. The highest BCUT2D eigenvalue weighted by atomic mass is 32.2. The third kappa shape index (κ3) is 10.8. The van der Waals surface area contributed by atoms with Crippen LogP contribution in [0.1, 0.15) is 131 Å². The number of sulfonamides is 2. The molecule has 4 N–H and O–H groups in total. The third-order valence-electron chi connectivity index (χ3n) is 17.5. The van der Waals surface area contributed by atoms with Crippen molar-refractivity contribution in [1.29, 1.82) is 0 Å². The number of aromatic nitrogens is 2. The van der Waals surface area contributed by atoms with E-state index in [1.807, 2.05) is 0 Å². The molecule has 19 nitrogen and oxygen atoms in total. The number of amides is 1. The summed E-state index contributed by atoms with van der Waals surface area (Å²) >= 11 is 0. The lowest BCUT2D eigenvalue weighted by Crippen LogP contribution is -2.54. The number of aliphatic hydroxyl groups is 1. The standard InChI is InChI=1S/C56H70N8O11S2/c1-35(2)42-10-5-6-11-43(42)46-12-8-23-62(46)40-31-56(32-40)20-25-61(26-21-56)38-13-14-44(48(28-38)75-50-27-37-17-22-57-52(37)59-54(50)74-33-39-9-7-24-63(39)76(4,69)70)53(65)60-77(71,72)41-29-47(64(67)68)51-49(30-41)73-34-45(58-51)36-15-18-55(3,66)19-16-36/h5-6,10-11,13-14,17,22,27-30,35-36,39-40,45-46,58,66H,7-9,12,15-16,18-21,23-26,31-34H2,1-4H3,(H,57,59)(H,60,65)/t36-,39-,45+,46-,55-/m0/s1. The molecule has 5 aromatic rings. The van der Waals surface area contributed by atoms with E-state index in [9.17, 15) is 36.9 Å². The highest BCUT2D eigenvalue weighted by molar-refractivity contribution is 7.90. The van der Waals surface area contributed by atoms with Crippen molar-refractivity contribution >= 4 is 54.0 Å². The molecular weight excluding hydrogens is 1020 g/mol. The molecule has 5 fully saturated rings. The fourth-order valence-electron chi connectivity index (χ4n) is 13.2. The number of H-pyrrole nitrogens is 1. The lowest BCUT2D eigenvalue weighted by molar-refractivity contribution is -0.384. The second-order valence-electron chi connectivity index (χ2n) is 23.1. The molecule has 3 saturated heterocycles. The van der Waals surface area contributed by atoms with E-state index in [4.69, 9.17) is 19.2 Å². The average molecular weight is 1100 g/mol. The number of ether oxygens (including phenoxy) is 3. The number of piperidine rings is 1. The zero-order valence-electron chi connectivity index (χ0n) is 44.2. The lowest BCUT2D eigenvalue weighted by Gasteiger charge is -2.56. The number of likely N-dealkylation sites (tertiary alicyclic amines) is 1. The number of carbonyl (C=O) groups excluding carboxylic acids is 1. The van der Waals surface area contributed by atoms with Crippen LogP contribution in [0.15, 0.2) is 77.8 Å². The molecule has 0 radical (unpaired) electrons. The van der Waals surface area contributed by atoms with E-state index in [-0.39, 0.29) is 65.0 Å². The monoisotopic (exact) mass is 1090 g/mol. The number of aromatic amines is 1. The van der Waals surface area contributed by atoms with Crippen LogP contribution in [-0.2, 0) is 20.0 Å². The molecule has 2 saturated carbocycles. The zero-order valence-corrected chi connectivity index (χ0v) is 45.8. The van der Waals surface area contributed by atoms with Gasteiger partial charge in [-0.25, -0.2) is 21.6 Å². The second-order valence-corrected chi connectivity index (χ2v) is 26.7. The predicted octanol–water partition coefficient (Wildman–Crippen LogP) is 9.01. The van der Waals surface area contributed by atoms with E-state index >= 15 is 0 Å². The number of nitrogens with one attached hydrogen (secondary N) is 3. The maximum absolute atomic E-state index is 14.5. The molecule has 6 aliphatic rings. The Morgan fingerprint density at radius 3 is 2.44 bits per heavy atom. The number of carbonyl (C=O) groups is 1. The van der Waals surface area contributed by atoms with Crippen LogP contribution in [0.5, 0.6) is 23.1 Å². The SMILES string of the molecule is CC(C)c1ccccc1[C@@H]1CCCN1C1CC2(CCN(c3ccc(C(=O)NS(=O)(=O)c4cc5c(c([N+](=O)[O-])c4)N[C@@H]([C@H]4CC[C@](C)(O)CC4)CO5)c(Oc4cc5cc[nH]c5nc4OC[C@@H]4CCCN4S(C)(=O)=O)c3)CC2)C1. The molecule has 1 spiro atoms. The molecule has 21 heteroatoms. The summed E-state index contributed by atoms with van der Waals surface area (Å²) in [7, 11) is -8.29. The van der Waals surface area contributed by atoms with Crippen LogP contribution in [-0.4, -0.2) is 121 Å². The fourth-order valence-corrected chi connectivity index (χ4v) is 15.4. The highest BCUT2D eigenvalue weighted by Gasteiger charge is 2.50. The molecule has 0 unspecified atom stereocenters. The molecule has 412 valence electrons. The van der Waals surface area contributed by atoms with Crippen molar-refractivity contribution in [3.8, 4) is 23.1 Å². The summed E-state index contributed by atoms with van der Waals surface area (Å²) in [6, 6.07) is 19.7. The van der Waals surface area contributed by atoms with Crippen LogP contribution in [0.2, 0.25) is 0 Å². The number of nitro benzene ring substituents is 1. The Morgan fingerprint density at radius 2 is 1.70 bits per heavy atom. The molecule has 6 heterocycles. The minimum absolute atomic E-state index is 0.000311. The van der Waals surface area contributed by atoms with Crippen molar-refractivity contribution in [3.63, 3.8) is 0 Å². The van der Waals surface area contributed by atoms with Crippen molar-refractivity contribution < 1.29 is 45.9 Å². The molecule has 3 aromatic carbocycles. The quantitative estimate of drug-likeness (QED) is 0.0565. The van der Waals surface area contributed by atoms with Crippen molar-refractivity contribution in [2.75, 3.05) is 55.9 Å². The summed E-state index contributed by atoms with van der Waals surface area (Å²) in [5.74, 6) is -0.419. The topological polar surface area (TPSA) is 239 Å². The number of anilines is 2. The Bertz CT molecular complexity index is 3290. The molecular formula is C56H70N8O11S2. The van der Waals surface area contributed by atoms with Crippen LogP contribution >= 0.6 is 0 Å². The number of nitro groups is 1. The summed E-state index contributed by atoms with van der Waals surface area (Å²) in [5.41, 5.74) is 2.97. The first-order valence-corrected chi connectivity index (χ1v) is 30.6. The highest BCUT2D eigenvalue weighted by Crippen LogP contribution is 2.55. The van der Waals surface area contributed by atoms with E-state index in [0.717, 1.165) is 57.1 Å². The minimum Gasteiger partial charge on any atom is -0.489 e. The maximum Gasteiger partial charge on any atom is 0.297 e. The van der Waals surface area contributed by atoms with Gasteiger partial charge in [-0.1, -0.05) is 38.1 Å². The zero-order chi connectivity index (χ0) is 54.0. The van der Waals surface area contributed by atoms with Crippen LogP contribution in [0.3, 0.4) is 0 Å². The van der Waals surface area contributed by atoms with Crippen molar-refractivity contribution in [2.24, 2.45) is 11.3 Å². The van der Waals surface area contributed by atoms with Crippen LogP contribution < -0.4 is 29.1 Å². The molecule has 0 bridgehead atoms. The van der Waals surface area contributed by atoms with Gasteiger partial charge in [0.25, 0.3) is 27.5 Å². The molecule has 4 aliphatic heterocycles. The average Bonchev–Trinajstić information content (AvgIpc) is 4.19. The summed E-state index contributed by atoms with van der Waals surface area (Å²) < 4.78 is 76.4. The van der Waals surface area contributed by atoms with Gasteiger partial charge in [0, 0.05) is 67.2 Å². The van der Waals surface area contributed by atoms with E-state index < -0.39 is 53.1 Å². The van der Waals surface area contributed by atoms with E-state index in [1.54, 1.807) is 37.4 Å². The van der Waals surface area contributed by atoms with Gasteiger partial charge < -0.3 is 34.5 Å². The van der Waals surface area contributed by atoms with Gasteiger partial charge in [-0.05, 0) is 143 Å². The number of fused-ring (bicyclic) bond motifs is 2. The fraction of sp³-hybridized carbons (Fsp3) is 0.536. The Morgan fingerprint density at radius 1 is 0.948 bits per heavy atom. The normalized spacial score (nSPS) is 25.0. The summed E-state index contributed by atoms with van der Waals surface area (Å²) in [4.78, 5) is 38.7. The second kappa shape index (κ2) is 20.7. The first-order chi connectivity index (χ1) is 36.7. The molecule has 1 amide bonds. The third-order valence-corrected chi connectivity index (χ3v) is 20.2. The largest absolute Gasteiger partial charge is 0.489 e. The van der Waals surface area contributed by atoms with Gasteiger partial charge >= 0.3 is 0 Å². The molecule has 3 atom stereocenters. The molecule has 2 aliphatic carbocycles. The summed E-state index contributed by atoms with van der Waals surface area (Å²) in [5, 5.41) is 27.0. The van der Waals surface area contributed by atoms with Gasteiger partial charge in [0.15, 0.2) is 17.2 Å². The van der Waals surface area contributed by atoms with Gasteiger partial charge in [-0.3, -0.25) is 19.8 Å². The first-order valence-electron chi connectivity index (χ1n) is 27.2. The molecule has 77 heavy (non-hydrogen) atoms. The van der Waals surface area contributed by atoms with Gasteiger partial charge in [-0.15, -0.1) is 0 Å². The number of hydrogen-bond donors (Lipinski definition) is 4. The Balaban J connectivity index is 0.854. The van der Waals surface area contributed by atoms with Gasteiger partial charge in [-0.2, -0.15) is 9.29 Å². The van der Waals surface area contributed by atoms with Gasteiger partial charge in [0.1, 0.15) is 24.6 Å². The Hall–Kier alpha value is -6.00. The van der Waals surface area contributed by atoms with E-state index in [2.05, 4.69) is 62.9 Å². The van der Waals surface area contributed by atoms with Crippen LogP contribution in [0.4, 0.5) is 17.1 Å². The van der Waals surface area contributed by atoms with E-state index in [0.29, 0.717) is 74.1 Å². The van der Waals surface area contributed by atoms with Gasteiger partial charge in [0.2, 0.25) is 10.0 Å². The van der Waals surface area contributed by atoms with Crippen LogP contribution in [0, 0.1) is 21.4 Å². The summed E-state index contributed by atoms with van der Waals surface area (Å²) in [6.07, 6.45) is 13.3. The smallest absolute Gasteiger partial charge is 0.297 e. The molecule has 11 rings (SSSR count). The minimum atomic E-state index is -4.78. The maximum atomic E-state index is 14.5. The lowest BCUT2D eigenvalue weighted by atomic mass is 9.59. The van der Waals surface area contributed by atoms with Crippen LogP contribution in [0.25, 0.3) is 11.0 Å². The number of benzene rings is 3. The Labute approximate surface area is 450 Å². The number of rotatable bonds is 15. The van der Waals surface area contributed by atoms with Crippen molar-refractivity contribution in [1.82, 2.24) is 23.9 Å². The number of pyridine rings is 1. The van der Waals surface area contributed by atoms with Crippen molar-refractivity contribution in [3.05, 3.63) is 99.7 Å². The van der Waals surface area contributed by atoms with Gasteiger partial charge in [0.05, 0.1) is 39.3 Å². The number of nitrogens with zero attached hydrogens (tertiary/aromatic N) is 5.